The van der Waals surface area contributed by atoms with Gasteiger partial charge in [-0.05, 0) is 24.3 Å². The Bertz CT molecular complexity index is 592. The molecule has 0 radical (unpaired) electrons. The molecular formula is C11H6ClF3N2O. The predicted molar refractivity (Wildman–Crippen MR) is 59.0 cm³/mol. The van der Waals surface area contributed by atoms with Crippen molar-refractivity contribution in [3.8, 4) is 5.69 Å². The number of carbonyl (C=O) groups is 1. The van der Waals surface area contributed by atoms with Crippen LogP contribution in [0.3, 0.4) is 0 Å². The Morgan fingerprint density at radius 1 is 1.28 bits per heavy atom. The zero-order valence-electron chi connectivity index (χ0n) is 8.78. The molecule has 2 rings (SSSR count). The van der Waals surface area contributed by atoms with E-state index in [4.69, 9.17) is 11.6 Å². The van der Waals surface area contributed by atoms with Crippen molar-refractivity contribution in [2.45, 2.75) is 6.18 Å². The maximum atomic E-state index is 12.5. The van der Waals surface area contributed by atoms with Crippen LogP contribution in [-0.2, 0) is 6.18 Å². The van der Waals surface area contributed by atoms with Crippen LogP contribution in [0.5, 0.6) is 0 Å². The van der Waals surface area contributed by atoms with Crippen LogP contribution in [0.15, 0.2) is 30.3 Å². The zero-order chi connectivity index (χ0) is 13.3. The van der Waals surface area contributed by atoms with Gasteiger partial charge in [-0.15, -0.1) is 0 Å². The van der Waals surface area contributed by atoms with Crippen LogP contribution in [0.1, 0.15) is 16.2 Å². The summed E-state index contributed by atoms with van der Waals surface area (Å²) in [6.45, 7) is 0. The van der Waals surface area contributed by atoms with Crippen LogP contribution >= 0.6 is 11.6 Å². The molecule has 0 saturated heterocycles. The summed E-state index contributed by atoms with van der Waals surface area (Å²) in [5.41, 5.74) is -1.02. The van der Waals surface area contributed by atoms with Crippen LogP contribution in [-0.4, -0.2) is 16.1 Å². The molecule has 1 aromatic heterocycles. The summed E-state index contributed by atoms with van der Waals surface area (Å²) < 4.78 is 38.4. The van der Waals surface area contributed by atoms with E-state index < -0.39 is 11.9 Å². The van der Waals surface area contributed by atoms with Crippen molar-refractivity contribution < 1.29 is 18.0 Å². The van der Waals surface area contributed by atoms with Gasteiger partial charge in [-0.2, -0.15) is 18.3 Å². The number of carbonyl (C=O) groups excluding carboxylic acids is 1. The Hall–Kier alpha value is -1.82. The third-order valence-corrected chi connectivity index (χ3v) is 2.44. The Labute approximate surface area is 105 Å². The Balaban J connectivity index is 2.57. The molecule has 0 aliphatic heterocycles. The Kier molecular flexibility index (Phi) is 3.13. The summed E-state index contributed by atoms with van der Waals surface area (Å²) in [5.74, 6) is 0. The van der Waals surface area contributed by atoms with E-state index >= 15 is 0 Å². The molecule has 1 heterocycles. The van der Waals surface area contributed by atoms with Gasteiger partial charge in [-0.1, -0.05) is 17.7 Å². The van der Waals surface area contributed by atoms with Gasteiger partial charge in [-0.3, -0.25) is 4.79 Å². The molecule has 18 heavy (non-hydrogen) atoms. The highest BCUT2D eigenvalue weighted by atomic mass is 35.5. The molecule has 0 amide bonds. The number of nitrogens with zero attached hydrogens (tertiary/aromatic N) is 2. The van der Waals surface area contributed by atoms with Gasteiger partial charge in [-0.25, -0.2) is 4.68 Å². The zero-order valence-corrected chi connectivity index (χ0v) is 9.53. The van der Waals surface area contributed by atoms with E-state index in [1.165, 1.54) is 12.1 Å². The van der Waals surface area contributed by atoms with Gasteiger partial charge in [0.05, 0.1) is 5.69 Å². The normalized spacial score (nSPS) is 11.6. The second kappa shape index (κ2) is 4.45. The third kappa shape index (κ3) is 2.38. The highest BCUT2D eigenvalue weighted by Crippen LogP contribution is 2.29. The molecule has 3 nitrogen and oxygen atoms in total. The number of alkyl halides is 3. The Morgan fingerprint density at radius 3 is 2.56 bits per heavy atom. The van der Waals surface area contributed by atoms with E-state index in [1.54, 1.807) is 12.1 Å². The second-order valence-corrected chi connectivity index (χ2v) is 3.90. The first-order valence-corrected chi connectivity index (χ1v) is 5.18. The molecule has 0 N–H and O–H groups in total. The van der Waals surface area contributed by atoms with E-state index in [2.05, 4.69) is 5.10 Å². The lowest BCUT2D eigenvalue weighted by atomic mass is 10.3. The van der Waals surface area contributed by atoms with Gasteiger partial charge in [0.1, 0.15) is 5.69 Å². The molecule has 0 aliphatic rings. The largest absolute Gasteiger partial charge is 0.435 e. The highest BCUT2D eigenvalue weighted by molar-refractivity contribution is 6.30. The molecule has 0 unspecified atom stereocenters. The fourth-order valence-electron chi connectivity index (χ4n) is 1.43. The summed E-state index contributed by atoms with van der Waals surface area (Å²) in [4.78, 5) is 10.8. The SMILES string of the molecule is O=Cc1cc(C(F)(F)F)nn1-c1cccc(Cl)c1. The molecule has 0 bridgehead atoms. The van der Waals surface area contributed by atoms with Gasteiger partial charge in [0.2, 0.25) is 0 Å². The van der Waals surface area contributed by atoms with Crippen LogP contribution in [0.2, 0.25) is 5.02 Å². The molecule has 0 fully saturated rings. The lowest BCUT2D eigenvalue weighted by Gasteiger charge is -2.04. The van der Waals surface area contributed by atoms with Crippen LogP contribution in [0.25, 0.3) is 5.69 Å². The van der Waals surface area contributed by atoms with E-state index in [-0.39, 0.29) is 5.69 Å². The molecule has 7 heteroatoms. The minimum absolute atomic E-state index is 0.190. The van der Waals surface area contributed by atoms with E-state index in [0.29, 0.717) is 23.1 Å². The molecule has 94 valence electrons. The maximum absolute atomic E-state index is 12.5. The van der Waals surface area contributed by atoms with Crippen molar-refractivity contribution in [1.82, 2.24) is 9.78 Å². The first-order chi connectivity index (χ1) is 8.41. The first kappa shape index (κ1) is 12.6. The van der Waals surface area contributed by atoms with Crippen molar-refractivity contribution in [3.05, 3.63) is 46.7 Å². The summed E-state index contributed by atoms with van der Waals surface area (Å²) in [7, 11) is 0. The monoisotopic (exact) mass is 274 g/mol. The van der Waals surface area contributed by atoms with Crippen molar-refractivity contribution >= 4 is 17.9 Å². The summed E-state index contributed by atoms with van der Waals surface area (Å²) in [5, 5.41) is 3.71. The van der Waals surface area contributed by atoms with E-state index in [0.717, 1.165) is 4.68 Å². The quantitative estimate of drug-likeness (QED) is 0.787. The number of benzene rings is 1. The molecule has 0 saturated carbocycles. The molecule has 0 aliphatic carbocycles. The number of aromatic nitrogens is 2. The second-order valence-electron chi connectivity index (χ2n) is 3.46. The van der Waals surface area contributed by atoms with Crippen LogP contribution in [0.4, 0.5) is 13.2 Å². The smallest absolute Gasteiger partial charge is 0.296 e. The van der Waals surface area contributed by atoms with Crippen LogP contribution in [0, 0.1) is 0 Å². The van der Waals surface area contributed by atoms with Gasteiger partial charge in [0.15, 0.2) is 12.0 Å². The number of halogens is 4. The minimum Gasteiger partial charge on any atom is -0.296 e. The lowest BCUT2D eigenvalue weighted by molar-refractivity contribution is -0.141. The number of hydrogen-bond acceptors (Lipinski definition) is 2. The molecular weight excluding hydrogens is 269 g/mol. The standard InChI is InChI=1S/C11H6ClF3N2O/c12-7-2-1-3-8(4-7)17-9(6-18)5-10(16-17)11(13,14)15/h1-6H. The predicted octanol–water partition coefficient (Wildman–Crippen LogP) is 3.36. The summed E-state index contributed by atoms with van der Waals surface area (Å²) in [6.07, 6.45) is -4.29. The third-order valence-electron chi connectivity index (χ3n) is 2.20. The average molecular weight is 275 g/mol. The summed E-state index contributed by atoms with van der Waals surface area (Å²) >= 11 is 5.74. The Morgan fingerprint density at radius 2 is 2.00 bits per heavy atom. The van der Waals surface area contributed by atoms with Gasteiger partial charge >= 0.3 is 6.18 Å². The molecule has 1 aromatic carbocycles. The fraction of sp³-hybridized carbons (Fsp3) is 0.0909. The minimum atomic E-state index is -4.60. The topological polar surface area (TPSA) is 34.9 Å². The van der Waals surface area contributed by atoms with Crippen molar-refractivity contribution in [3.63, 3.8) is 0 Å². The van der Waals surface area contributed by atoms with Gasteiger partial charge < -0.3 is 0 Å². The molecule has 0 spiro atoms. The van der Waals surface area contributed by atoms with E-state index in [1.807, 2.05) is 0 Å². The molecule has 2 aromatic rings. The van der Waals surface area contributed by atoms with E-state index in [9.17, 15) is 18.0 Å². The number of rotatable bonds is 2. The first-order valence-electron chi connectivity index (χ1n) is 4.80. The molecule has 0 atom stereocenters. The number of hydrogen-bond donors (Lipinski definition) is 0. The van der Waals surface area contributed by atoms with Gasteiger partial charge in [0, 0.05) is 5.02 Å². The van der Waals surface area contributed by atoms with Crippen molar-refractivity contribution in [2.24, 2.45) is 0 Å². The fourth-order valence-corrected chi connectivity index (χ4v) is 1.62. The van der Waals surface area contributed by atoms with Crippen molar-refractivity contribution in [1.29, 1.82) is 0 Å². The van der Waals surface area contributed by atoms with Gasteiger partial charge in [0.25, 0.3) is 0 Å². The van der Waals surface area contributed by atoms with Crippen LogP contribution < -0.4 is 0 Å². The lowest BCUT2D eigenvalue weighted by Crippen LogP contribution is -2.07. The highest BCUT2D eigenvalue weighted by Gasteiger charge is 2.35. The van der Waals surface area contributed by atoms with Crippen molar-refractivity contribution in [2.75, 3.05) is 0 Å². The summed E-state index contributed by atoms with van der Waals surface area (Å²) in [6, 6.07) is 6.74. The average Bonchev–Trinajstić information content (AvgIpc) is 2.72. The number of aldehydes is 1. The maximum Gasteiger partial charge on any atom is 0.435 e.